The first-order valence-corrected chi connectivity index (χ1v) is 10.7. The molecule has 1 saturated carbocycles. The molecule has 1 N–H and O–H groups in total. The first-order valence-electron chi connectivity index (χ1n) is 10.7. The molecule has 5 nitrogen and oxygen atoms in total. The van der Waals surface area contributed by atoms with E-state index in [1.165, 1.54) is 0 Å². The third-order valence-electron chi connectivity index (χ3n) is 6.83. The fraction of sp³-hybridized carbons (Fsp3) is 0.810. The molecule has 0 radical (unpaired) electrons. The Morgan fingerprint density at radius 2 is 1.79 bits per heavy atom. The molecule has 3 heterocycles. The van der Waals surface area contributed by atoms with Gasteiger partial charge in [0, 0.05) is 36.5 Å². The average molecular weight is 413 g/mol. The lowest BCUT2D eigenvalue weighted by Crippen LogP contribution is -2.47. The first-order chi connectivity index (χ1) is 13.4. The second kappa shape index (κ2) is 6.91. The van der Waals surface area contributed by atoms with Crippen molar-refractivity contribution in [2.24, 2.45) is 17.8 Å². The van der Waals surface area contributed by atoms with Gasteiger partial charge in [-0.05, 0) is 37.5 Å². The van der Waals surface area contributed by atoms with Gasteiger partial charge < -0.3 is 10.2 Å². The van der Waals surface area contributed by atoms with E-state index in [0.717, 1.165) is 23.9 Å². The summed E-state index contributed by atoms with van der Waals surface area (Å²) in [6, 6.07) is -0.0968. The van der Waals surface area contributed by atoms with Gasteiger partial charge in [-0.2, -0.15) is 18.3 Å². The van der Waals surface area contributed by atoms with Crippen LogP contribution in [0, 0.1) is 17.8 Å². The van der Waals surface area contributed by atoms with Crippen LogP contribution in [-0.4, -0.2) is 45.9 Å². The van der Waals surface area contributed by atoms with Crippen LogP contribution in [0.4, 0.5) is 19.0 Å². The summed E-state index contributed by atoms with van der Waals surface area (Å²) >= 11 is 0. The molecule has 162 valence electrons. The number of likely N-dealkylation sites (tertiary alicyclic amines) is 1. The zero-order valence-electron chi connectivity index (χ0n) is 17.6. The number of amides is 1. The molecule has 0 bridgehead atoms. The number of nitrogens with one attached hydrogen (secondary N) is 1. The van der Waals surface area contributed by atoms with Crippen molar-refractivity contribution in [3.63, 3.8) is 0 Å². The summed E-state index contributed by atoms with van der Waals surface area (Å²) in [4.78, 5) is 14.4. The number of piperidine rings is 1. The molecule has 8 heteroatoms. The molecule has 1 aromatic heterocycles. The normalized spacial score (nSPS) is 30.7. The summed E-state index contributed by atoms with van der Waals surface area (Å²) in [5, 5.41) is 7.64. The number of hydrogen-bond donors (Lipinski definition) is 1. The van der Waals surface area contributed by atoms with Crippen LogP contribution in [0.1, 0.15) is 65.1 Å². The van der Waals surface area contributed by atoms with Crippen molar-refractivity contribution in [2.75, 3.05) is 18.4 Å². The zero-order chi connectivity index (χ0) is 21.1. The molecule has 4 atom stereocenters. The predicted octanol–water partition coefficient (Wildman–Crippen LogP) is 4.36. The number of anilines is 1. The van der Waals surface area contributed by atoms with Gasteiger partial charge in [-0.3, -0.25) is 4.79 Å². The van der Waals surface area contributed by atoms with Crippen molar-refractivity contribution in [3.8, 4) is 0 Å². The fourth-order valence-corrected chi connectivity index (χ4v) is 4.70. The maximum atomic E-state index is 13.8. The number of rotatable bonds is 2. The van der Waals surface area contributed by atoms with Crippen molar-refractivity contribution in [2.45, 2.75) is 77.1 Å². The summed E-state index contributed by atoms with van der Waals surface area (Å²) in [5.41, 5.74) is 0.345. The summed E-state index contributed by atoms with van der Waals surface area (Å²) in [5.74, 6) is 1.46. The van der Waals surface area contributed by atoms with E-state index in [1.54, 1.807) is 6.07 Å². The second-order valence-corrected chi connectivity index (χ2v) is 10.1. The smallest absolute Gasteiger partial charge is 0.367 e. The fourth-order valence-electron chi connectivity index (χ4n) is 4.70. The maximum absolute atomic E-state index is 13.8. The van der Waals surface area contributed by atoms with Crippen molar-refractivity contribution >= 4 is 11.7 Å². The van der Waals surface area contributed by atoms with Gasteiger partial charge in [-0.15, -0.1) is 0 Å². The Kier molecular flexibility index (Phi) is 4.89. The van der Waals surface area contributed by atoms with Crippen LogP contribution in [-0.2, 0) is 10.2 Å². The van der Waals surface area contributed by atoms with Crippen LogP contribution >= 0.6 is 0 Å². The Bertz CT molecular complexity index is 774. The molecule has 1 aromatic rings. The van der Waals surface area contributed by atoms with Crippen LogP contribution in [0.2, 0.25) is 0 Å². The Morgan fingerprint density at radius 3 is 2.31 bits per heavy atom. The van der Waals surface area contributed by atoms with E-state index < -0.39 is 12.2 Å². The van der Waals surface area contributed by atoms with Gasteiger partial charge in [0.15, 0.2) is 6.04 Å². The van der Waals surface area contributed by atoms with Gasteiger partial charge >= 0.3 is 6.18 Å². The van der Waals surface area contributed by atoms with E-state index in [0.29, 0.717) is 30.5 Å². The largest absolute Gasteiger partial charge is 0.410 e. The van der Waals surface area contributed by atoms with E-state index >= 15 is 0 Å². The van der Waals surface area contributed by atoms with Gasteiger partial charge in [-0.25, -0.2) is 4.68 Å². The van der Waals surface area contributed by atoms with E-state index in [-0.39, 0.29) is 35.6 Å². The number of carbonyl (C=O) groups is 1. The van der Waals surface area contributed by atoms with Crippen molar-refractivity contribution in [1.82, 2.24) is 14.7 Å². The average Bonchev–Trinajstić information content (AvgIpc) is 3.19. The number of fused-ring (bicyclic) bond motifs is 1. The minimum atomic E-state index is -4.34. The number of aromatic nitrogens is 2. The molecule has 3 aliphatic rings. The van der Waals surface area contributed by atoms with Gasteiger partial charge in [0.25, 0.3) is 0 Å². The third kappa shape index (κ3) is 3.99. The Hall–Kier alpha value is -1.73. The highest BCUT2D eigenvalue weighted by molar-refractivity contribution is 5.81. The first kappa shape index (κ1) is 20.5. The van der Waals surface area contributed by atoms with Crippen molar-refractivity contribution in [3.05, 3.63) is 11.8 Å². The van der Waals surface area contributed by atoms with Gasteiger partial charge in [0.05, 0.1) is 5.69 Å². The van der Waals surface area contributed by atoms with Gasteiger partial charge in [-0.1, -0.05) is 27.7 Å². The SMILES string of the molecule is CC1CC1C(=O)N1CCC([C@@H]2C[C@H](C(F)(F)F)n3nc(C(C)(C)C)cc3N2)CC1. The zero-order valence-corrected chi connectivity index (χ0v) is 17.6. The highest BCUT2D eigenvalue weighted by atomic mass is 19.4. The van der Waals surface area contributed by atoms with Crippen LogP contribution in [0.25, 0.3) is 0 Å². The quantitative estimate of drug-likeness (QED) is 0.785. The molecule has 29 heavy (non-hydrogen) atoms. The third-order valence-corrected chi connectivity index (χ3v) is 6.83. The summed E-state index contributed by atoms with van der Waals surface area (Å²) < 4.78 is 42.6. The van der Waals surface area contributed by atoms with Crippen LogP contribution in [0.5, 0.6) is 0 Å². The van der Waals surface area contributed by atoms with Crippen LogP contribution in [0.3, 0.4) is 0 Å². The standard InChI is InChI=1S/C21H31F3N4O/c1-12-9-14(12)19(29)27-7-5-13(6-8-27)15-10-17(21(22,23)24)28-18(25-15)11-16(26-28)20(2,3)4/h11-15,17,25H,5-10H2,1-4H3/t12?,14?,15-,17+/m0/s1. The highest BCUT2D eigenvalue weighted by Gasteiger charge is 2.48. The summed E-state index contributed by atoms with van der Waals surface area (Å²) in [6.07, 6.45) is -1.89. The van der Waals surface area contributed by atoms with Gasteiger partial charge in [0.1, 0.15) is 5.82 Å². The van der Waals surface area contributed by atoms with E-state index in [9.17, 15) is 18.0 Å². The molecule has 2 unspecified atom stereocenters. The lowest BCUT2D eigenvalue weighted by atomic mass is 9.84. The van der Waals surface area contributed by atoms with E-state index in [4.69, 9.17) is 0 Å². The maximum Gasteiger partial charge on any atom is 0.410 e. The number of halogens is 3. The number of hydrogen-bond acceptors (Lipinski definition) is 3. The van der Waals surface area contributed by atoms with Crippen molar-refractivity contribution in [1.29, 1.82) is 0 Å². The number of alkyl halides is 3. The van der Waals surface area contributed by atoms with E-state index in [1.807, 2.05) is 25.7 Å². The Morgan fingerprint density at radius 1 is 1.17 bits per heavy atom. The molecule has 2 aliphatic heterocycles. The Balaban J connectivity index is 1.48. The monoisotopic (exact) mass is 412 g/mol. The lowest BCUT2D eigenvalue weighted by molar-refractivity contribution is -0.174. The number of carbonyl (C=O) groups excluding carboxylic acids is 1. The summed E-state index contributed by atoms with van der Waals surface area (Å²) in [6.45, 7) is 9.24. The number of nitrogens with zero attached hydrogens (tertiary/aromatic N) is 3. The molecule has 1 aliphatic carbocycles. The molecular formula is C21H31F3N4O. The molecule has 1 amide bonds. The Labute approximate surface area is 170 Å². The summed E-state index contributed by atoms with van der Waals surface area (Å²) in [7, 11) is 0. The lowest BCUT2D eigenvalue weighted by Gasteiger charge is -2.41. The predicted molar refractivity (Wildman–Crippen MR) is 105 cm³/mol. The molecular weight excluding hydrogens is 381 g/mol. The minimum Gasteiger partial charge on any atom is -0.367 e. The van der Waals surface area contributed by atoms with Crippen LogP contribution < -0.4 is 5.32 Å². The van der Waals surface area contributed by atoms with E-state index in [2.05, 4.69) is 17.3 Å². The molecule has 1 saturated heterocycles. The second-order valence-electron chi connectivity index (χ2n) is 10.1. The van der Waals surface area contributed by atoms with Crippen LogP contribution in [0.15, 0.2) is 6.07 Å². The topological polar surface area (TPSA) is 50.2 Å². The van der Waals surface area contributed by atoms with Gasteiger partial charge in [0.2, 0.25) is 5.91 Å². The molecule has 0 aromatic carbocycles. The minimum absolute atomic E-state index is 0.0139. The molecule has 4 rings (SSSR count). The molecule has 0 spiro atoms. The molecule has 2 fully saturated rings. The highest BCUT2D eigenvalue weighted by Crippen LogP contribution is 2.44. The van der Waals surface area contributed by atoms with Crippen molar-refractivity contribution < 1.29 is 18.0 Å².